The molecule has 1 aromatic carbocycles. The molecule has 2 heterocycles. The van der Waals surface area contributed by atoms with Gasteiger partial charge in [-0.25, -0.2) is 0 Å². The van der Waals surface area contributed by atoms with Crippen molar-refractivity contribution in [1.29, 1.82) is 0 Å². The summed E-state index contributed by atoms with van der Waals surface area (Å²) >= 11 is 1.64. The molecular formula is C16H17N3O2S. The first-order valence-corrected chi connectivity index (χ1v) is 8.07. The maximum Gasteiger partial charge on any atom is 0.265 e. The fourth-order valence-corrected chi connectivity index (χ4v) is 3.89. The number of fused-ring (bicyclic) bond motifs is 1. The number of carbonyl (C=O) groups is 2. The van der Waals surface area contributed by atoms with Crippen molar-refractivity contribution in [1.82, 2.24) is 4.57 Å². The van der Waals surface area contributed by atoms with Crippen LogP contribution in [0.1, 0.15) is 26.9 Å². The first-order chi connectivity index (χ1) is 10.6. The standard InChI is InChI=1S/C16H17N3O2S/c1-19-9-11(8-13(19)15(17)20)18-16(21)14-12-5-3-2-4-10(12)6-7-22-14/h2-5,8-9,14H,6-7H2,1H3,(H2,17,20)(H,18,21). The van der Waals surface area contributed by atoms with Gasteiger partial charge in [-0.2, -0.15) is 0 Å². The molecule has 1 atom stereocenters. The number of hydrogen-bond donors (Lipinski definition) is 2. The van der Waals surface area contributed by atoms with Crippen LogP contribution in [0.15, 0.2) is 36.5 Å². The molecule has 22 heavy (non-hydrogen) atoms. The SMILES string of the molecule is Cn1cc(NC(=O)C2SCCc3ccccc32)cc1C(N)=O. The number of amides is 2. The van der Waals surface area contributed by atoms with E-state index in [4.69, 9.17) is 5.73 Å². The van der Waals surface area contributed by atoms with Crippen LogP contribution in [0, 0.1) is 0 Å². The van der Waals surface area contributed by atoms with Crippen molar-refractivity contribution in [3.63, 3.8) is 0 Å². The summed E-state index contributed by atoms with van der Waals surface area (Å²) in [5.41, 5.74) is 8.54. The second-order valence-electron chi connectivity index (χ2n) is 5.28. The summed E-state index contributed by atoms with van der Waals surface area (Å²) in [7, 11) is 1.72. The lowest BCUT2D eigenvalue weighted by molar-refractivity contribution is -0.115. The Morgan fingerprint density at radius 1 is 1.36 bits per heavy atom. The molecule has 0 saturated carbocycles. The fraction of sp³-hybridized carbons (Fsp3) is 0.250. The molecule has 2 aromatic rings. The number of aryl methyl sites for hydroxylation is 2. The van der Waals surface area contributed by atoms with E-state index in [1.165, 1.54) is 5.56 Å². The molecule has 1 unspecified atom stereocenters. The Labute approximate surface area is 132 Å². The number of carbonyl (C=O) groups excluding carboxylic acids is 2. The second kappa shape index (κ2) is 5.88. The third-order valence-corrected chi connectivity index (χ3v) is 5.00. The van der Waals surface area contributed by atoms with E-state index in [0.717, 1.165) is 17.7 Å². The van der Waals surface area contributed by atoms with E-state index in [0.29, 0.717) is 11.4 Å². The molecule has 0 spiro atoms. The predicted molar refractivity (Wildman–Crippen MR) is 87.9 cm³/mol. The molecule has 0 bridgehead atoms. The van der Waals surface area contributed by atoms with E-state index in [-0.39, 0.29) is 11.2 Å². The number of primary amides is 1. The maximum absolute atomic E-state index is 12.6. The number of benzene rings is 1. The van der Waals surface area contributed by atoms with Gasteiger partial charge >= 0.3 is 0 Å². The molecule has 1 aliphatic rings. The van der Waals surface area contributed by atoms with Gasteiger partial charge in [0.05, 0.1) is 5.69 Å². The minimum atomic E-state index is -0.514. The minimum Gasteiger partial charge on any atom is -0.364 e. The van der Waals surface area contributed by atoms with Gasteiger partial charge in [0.1, 0.15) is 10.9 Å². The zero-order valence-corrected chi connectivity index (χ0v) is 13.0. The molecule has 1 aromatic heterocycles. The first-order valence-electron chi connectivity index (χ1n) is 7.02. The van der Waals surface area contributed by atoms with Gasteiger partial charge in [0, 0.05) is 13.2 Å². The van der Waals surface area contributed by atoms with Crippen LogP contribution in [0.25, 0.3) is 0 Å². The van der Waals surface area contributed by atoms with Gasteiger partial charge in [-0.05, 0) is 29.4 Å². The Kier molecular flexibility index (Phi) is 3.94. The summed E-state index contributed by atoms with van der Waals surface area (Å²) in [6.07, 6.45) is 2.68. The molecule has 0 saturated heterocycles. The van der Waals surface area contributed by atoms with Crippen LogP contribution in [0.4, 0.5) is 5.69 Å². The third kappa shape index (κ3) is 2.74. The molecule has 2 amide bonds. The Hall–Kier alpha value is -2.21. The van der Waals surface area contributed by atoms with Crippen LogP contribution in [-0.2, 0) is 18.3 Å². The van der Waals surface area contributed by atoms with Crippen molar-refractivity contribution in [3.8, 4) is 0 Å². The lowest BCUT2D eigenvalue weighted by Crippen LogP contribution is -2.22. The molecule has 3 N–H and O–H groups in total. The lowest BCUT2D eigenvalue weighted by atomic mass is 10.0. The average Bonchev–Trinajstić information content (AvgIpc) is 2.87. The maximum atomic E-state index is 12.6. The summed E-state index contributed by atoms with van der Waals surface area (Å²) < 4.78 is 1.61. The Morgan fingerprint density at radius 3 is 2.86 bits per heavy atom. The Bertz CT molecular complexity index is 739. The monoisotopic (exact) mass is 315 g/mol. The molecule has 0 fully saturated rings. The number of hydrogen-bond acceptors (Lipinski definition) is 3. The van der Waals surface area contributed by atoms with Gasteiger partial charge in [-0.1, -0.05) is 24.3 Å². The summed E-state index contributed by atoms with van der Waals surface area (Å²) in [5, 5.41) is 2.66. The number of nitrogens with one attached hydrogen (secondary N) is 1. The predicted octanol–water partition coefficient (Wildman–Crippen LogP) is 2.09. The van der Waals surface area contributed by atoms with Crippen LogP contribution >= 0.6 is 11.8 Å². The van der Waals surface area contributed by atoms with E-state index in [1.54, 1.807) is 35.6 Å². The first kappa shape index (κ1) is 14.7. The van der Waals surface area contributed by atoms with Gasteiger partial charge in [0.15, 0.2) is 0 Å². The molecule has 0 aliphatic carbocycles. The number of anilines is 1. The molecule has 0 radical (unpaired) electrons. The quantitative estimate of drug-likeness (QED) is 0.910. The number of rotatable bonds is 3. The summed E-state index contributed by atoms with van der Waals surface area (Å²) in [4.78, 5) is 23.8. The molecule has 114 valence electrons. The zero-order chi connectivity index (χ0) is 15.7. The van der Waals surface area contributed by atoms with Gasteiger partial charge in [0.25, 0.3) is 5.91 Å². The van der Waals surface area contributed by atoms with Gasteiger partial charge in [0.2, 0.25) is 5.91 Å². The molecule has 6 heteroatoms. The van der Waals surface area contributed by atoms with Crippen molar-refractivity contribution < 1.29 is 9.59 Å². The third-order valence-electron chi connectivity index (χ3n) is 3.76. The van der Waals surface area contributed by atoms with Crippen LogP contribution in [-0.4, -0.2) is 22.1 Å². The van der Waals surface area contributed by atoms with E-state index in [9.17, 15) is 9.59 Å². The van der Waals surface area contributed by atoms with Crippen LogP contribution < -0.4 is 11.1 Å². The number of nitrogens with two attached hydrogens (primary N) is 1. The van der Waals surface area contributed by atoms with Gasteiger partial charge in [-0.3, -0.25) is 9.59 Å². The normalized spacial score (nSPS) is 16.9. The highest BCUT2D eigenvalue weighted by Gasteiger charge is 2.27. The number of aromatic nitrogens is 1. The Balaban J connectivity index is 1.81. The van der Waals surface area contributed by atoms with Crippen molar-refractivity contribution in [3.05, 3.63) is 53.3 Å². The van der Waals surface area contributed by atoms with E-state index >= 15 is 0 Å². The largest absolute Gasteiger partial charge is 0.364 e. The highest BCUT2D eigenvalue weighted by molar-refractivity contribution is 8.00. The van der Waals surface area contributed by atoms with E-state index in [2.05, 4.69) is 11.4 Å². The molecular weight excluding hydrogens is 298 g/mol. The number of nitrogens with zero attached hydrogens (tertiary/aromatic N) is 1. The van der Waals surface area contributed by atoms with Crippen LogP contribution in [0.3, 0.4) is 0 Å². The highest BCUT2D eigenvalue weighted by atomic mass is 32.2. The Morgan fingerprint density at radius 2 is 2.14 bits per heavy atom. The van der Waals surface area contributed by atoms with Crippen molar-refractivity contribution in [2.45, 2.75) is 11.7 Å². The fourth-order valence-electron chi connectivity index (χ4n) is 2.70. The average molecular weight is 315 g/mol. The van der Waals surface area contributed by atoms with E-state index in [1.807, 2.05) is 18.2 Å². The van der Waals surface area contributed by atoms with Gasteiger partial charge in [-0.15, -0.1) is 11.8 Å². The zero-order valence-electron chi connectivity index (χ0n) is 12.2. The molecule has 1 aliphatic heterocycles. The topological polar surface area (TPSA) is 77.1 Å². The van der Waals surface area contributed by atoms with Crippen LogP contribution in [0.5, 0.6) is 0 Å². The minimum absolute atomic E-state index is 0.0706. The number of thioether (sulfide) groups is 1. The molecule has 3 rings (SSSR count). The highest BCUT2D eigenvalue weighted by Crippen LogP contribution is 2.37. The summed E-state index contributed by atoms with van der Waals surface area (Å²) in [6, 6.07) is 9.63. The van der Waals surface area contributed by atoms with Gasteiger partial charge < -0.3 is 15.6 Å². The van der Waals surface area contributed by atoms with Crippen molar-refractivity contribution in [2.75, 3.05) is 11.1 Å². The lowest BCUT2D eigenvalue weighted by Gasteiger charge is -2.24. The molecule has 5 nitrogen and oxygen atoms in total. The summed E-state index contributed by atoms with van der Waals surface area (Å²) in [5.74, 6) is 0.343. The van der Waals surface area contributed by atoms with Crippen LogP contribution in [0.2, 0.25) is 0 Å². The van der Waals surface area contributed by atoms with E-state index < -0.39 is 5.91 Å². The summed E-state index contributed by atoms with van der Waals surface area (Å²) in [6.45, 7) is 0. The smallest absolute Gasteiger partial charge is 0.265 e. The van der Waals surface area contributed by atoms with Crippen molar-refractivity contribution in [2.24, 2.45) is 12.8 Å². The van der Waals surface area contributed by atoms with Crippen molar-refractivity contribution >= 4 is 29.3 Å². The second-order valence-corrected chi connectivity index (χ2v) is 6.49.